The predicted octanol–water partition coefficient (Wildman–Crippen LogP) is 3.90. The average Bonchev–Trinajstić information content (AvgIpc) is 2.69. The third-order valence-electron chi connectivity index (χ3n) is 3.93. The Morgan fingerprint density at radius 1 is 1.25 bits per heavy atom. The van der Waals surface area contributed by atoms with Gasteiger partial charge in [0.05, 0.1) is 6.54 Å². The normalized spacial score (nSPS) is 16.5. The van der Waals surface area contributed by atoms with Gasteiger partial charge in [-0.1, -0.05) is 43.4 Å². The predicted molar refractivity (Wildman–Crippen MR) is 84.3 cm³/mol. The summed E-state index contributed by atoms with van der Waals surface area (Å²) in [6.45, 7) is 2.26. The molecule has 1 aromatic carbocycles. The van der Waals surface area contributed by atoms with Crippen LogP contribution in [0.4, 0.5) is 5.69 Å². The Balaban J connectivity index is 1.81. The lowest BCUT2D eigenvalue weighted by Crippen LogP contribution is -2.38. The highest BCUT2D eigenvalue weighted by Gasteiger charge is 2.14. The highest BCUT2D eigenvalue weighted by atomic mass is 35.5. The van der Waals surface area contributed by atoms with Crippen LogP contribution in [0.3, 0.4) is 0 Å². The van der Waals surface area contributed by atoms with Crippen molar-refractivity contribution in [2.45, 2.75) is 51.5 Å². The molecule has 0 spiro atoms. The van der Waals surface area contributed by atoms with Crippen LogP contribution in [-0.2, 0) is 4.79 Å². The molecule has 0 saturated heterocycles. The van der Waals surface area contributed by atoms with Crippen LogP contribution in [0.1, 0.15) is 44.1 Å². The van der Waals surface area contributed by atoms with Crippen LogP contribution >= 0.6 is 11.6 Å². The van der Waals surface area contributed by atoms with E-state index in [4.69, 9.17) is 11.6 Å². The van der Waals surface area contributed by atoms with Gasteiger partial charge in [0.2, 0.25) is 5.91 Å². The first kappa shape index (κ1) is 15.2. The van der Waals surface area contributed by atoms with Crippen molar-refractivity contribution in [2.24, 2.45) is 0 Å². The van der Waals surface area contributed by atoms with E-state index in [0.717, 1.165) is 29.1 Å². The van der Waals surface area contributed by atoms with Crippen LogP contribution in [0.5, 0.6) is 0 Å². The minimum atomic E-state index is 0.0660. The molecule has 1 aromatic rings. The largest absolute Gasteiger partial charge is 0.376 e. The van der Waals surface area contributed by atoms with Gasteiger partial charge in [-0.25, -0.2) is 0 Å². The fourth-order valence-corrected chi connectivity index (χ4v) is 2.85. The first-order chi connectivity index (χ1) is 9.66. The van der Waals surface area contributed by atoms with Crippen LogP contribution < -0.4 is 10.6 Å². The molecule has 0 atom stereocenters. The fraction of sp³-hybridized carbons (Fsp3) is 0.562. The van der Waals surface area contributed by atoms with Crippen molar-refractivity contribution in [2.75, 3.05) is 11.9 Å². The van der Waals surface area contributed by atoms with Crippen LogP contribution in [0.25, 0.3) is 0 Å². The van der Waals surface area contributed by atoms with Crippen molar-refractivity contribution in [3.05, 3.63) is 28.8 Å². The molecule has 110 valence electrons. The lowest BCUT2D eigenvalue weighted by Gasteiger charge is -2.17. The van der Waals surface area contributed by atoms with E-state index in [1.807, 2.05) is 25.1 Å². The van der Waals surface area contributed by atoms with Gasteiger partial charge in [-0.05, 0) is 37.5 Å². The Labute approximate surface area is 126 Å². The molecule has 0 radical (unpaired) electrons. The Morgan fingerprint density at radius 3 is 2.65 bits per heavy atom. The topological polar surface area (TPSA) is 41.1 Å². The van der Waals surface area contributed by atoms with Crippen LogP contribution in [0.2, 0.25) is 5.02 Å². The van der Waals surface area contributed by atoms with Crippen molar-refractivity contribution >= 4 is 23.2 Å². The van der Waals surface area contributed by atoms with Crippen molar-refractivity contribution in [1.82, 2.24) is 5.32 Å². The summed E-state index contributed by atoms with van der Waals surface area (Å²) in [6, 6.07) is 6.04. The van der Waals surface area contributed by atoms with E-state index in [-0.39, 0.29) is 5.91 Å². The molecule has 0 bridgehead atoms. The number of nitrogens with one attached hydrogen (secondary N) is 2. The highest BCUT2D eigenvalue weighted by molar-refractivity contribution is 6.31. The maximum atomic E-state index is 12.0. The second-order valence-electron chi connectivity index (χ2n) is 5.52. The summed E-state index contributed by atoms with van der Waals surface area (Å²) in [5, 5.41) is 7.01. The van der Waals surface area contributed by atoms with E-state index in [0.29, 0.717) is 12.6 Å². The molecule has 2 N–H and O–H groups in total. The summed E-state index contributed by atoms with van der Waals surface area (Å²) >= 11 is 6.06. The third-order valence-corrected chi connectivity index (χ3v) is 4.34. The number of amides is 1. The average molecular weight is 295 g/mol. The van der Waals surface area contributed by atoms with E-state index < -0.39 is 0 Å². The fourth-order valence-electron chi connectivity index (χ4n) is 2.68. The molecule has 1 fully saturated rings. The molecule has 0 unspecified atom stereocenters. The number of halogens is 1. The Morgan fingerprint density at radius 2 is 1.95 bits per heavy atom. The number of benzene rings is 1. The molecule has 0 heterocycles. The van der Waals surface area contributed by atoms with Gasteiger partial charge in [0.1, 0.15) is 0 Å². The summed E-state index contributed by atoms with van der Waals surface area (Å²) in [5.41, 5.74) is 1.91. The van der Waals surface area contributed by atoms with E-state index in [1.54, 1.807) is 0 Å². The SMILES string of the molecule is Cc1c(Cl)cccc1NCC(=O)NC1CCCCCC1. The Bertz CT molecular complexity index is 454. The van der Waals surface area contributed by atoms with Crippen LogP contribution in [-0.4, -0.2) is 18.5 Å². The summed E-state index contributed by atoms with van der Waals surface area (Å²) in [5.74, 6) is 0.0660. The van der Waals surface area contributed by atoms with Crippen molar-refractivity contribution in [3.8, 4) is 0 Å². The van der Waals surface area contributed by atoms with Crippen molar-refractivity contribution < 1.29 is 4.79 Å². The molecule has 20 heavy (non-hydrogen) atoms. The summed E-state index contributed by atoms with van der Waals surface area (Å²) in [6.07, 6.45) is 7.28. The summed E-state index contributed by atoms with van der Waals surface area (Å²) < 4.78 is 0. The van der Waals surface area contributed by atoms with Gasteiger partial charge in [-0.3, -0.25) is 4.79 Å². The van der Waals surface area contributed by atoms with E-state index in [2.05, 4.69) is 10.6 Å². The first-order valence-corrected chi connectivity index (χ1v) is 7.83. The molecular weight excluding hydrogens is 272 g/mol. The van der Waals surface area contributed by atoms with Gasteiger partial charge >= 0.3 is 0 Å². The van der Waals surface area contributed by atoms with Gasteiger partial charge in [0.25, 0.3) is 0 Å². The number of carbonyl (C=O) groups excluding carboxylic acids is 1. The van der Waals surface area contributed by atoms with Gasteiger partial charge in [-0.15, -0.1) is 0 Å². The number of carbonyl (C=O) groups is 1. The second-order valence-corrected chi connectivity index (χ2v) is 5.93. The number of anilines is 1. The van der Waals surface area contributed by atoms with Crippen LogP contribution in [0, 0.1) is 6.92 Å². The summed E-state index contributed by atoms with van der Waals surface area (Å²) in [7, 11) is 0. The Kier molecular flexibility index (Phi) is 5.72. The smallest absolute Gasteiger partial charge is 0.239 e. The molecule has 0 aromatic heterocycles. The monoisotopic (exact) mass is 294 g/mol. The van der Waals surface area contributed by atoms with Gasteiger partial charge in [-0.2, -0.15) is 0 Å². The Hall–Kier alpha value is -1.22. The third kappa shape index (κ3) is 4.41. The number of hydrogen-bond acceptors (Lipinski definition) is 2. The molecule has 3 nitrogen and oxygen atoms in total. The van der Waals surface area contributed by atoms with Gasteiger partial charge in [0.15, 0.2) is 0 Å². The second kappa shape index (κ2) is 7.53. The van der Waals surface area contributed by atoms with Crippen LogP contribution in [0.15, 0.2) is 18.2 Å². The number of rotatable bonds is 4. The molecule has 2 rings (SSSR count). The van der Waals surface area contributed by atoms with E-state index in [1.165, 1.54) is 25.7 Å². The minimum Gasteiger partial charge on any atom is -0.376 e. The first-order valence-electron chi connectivity index (χ1n) is 7.45. The maximum absolute atomic E-state index is 12.0. The molecule has 0 aliphatic heterocycles. The standard InChI is InChI=1S/C16H23ClN2O/c1-12-14(17)9-6-10-15(12)18-11-16(20)19-13-7-4-2-3-5-8-13/h6,9-10,13,18H,2-5,7-8,11H2,1H3,(H,19,20). The van der Waals surface area contributed by atoms with Crippen molar-refractivity contribution in [1.29, 1.82) is 0 Å². The molecule has 1 aliphatic carbocycles. The highest BCUT2D eigenvalue weighted by Crippen LogP contribution is 2.22. The zero-order chi connectivity index (χ0) is 14.4. The molecule has 1 amide bonds. The number of hydrogen-bond donors (Lipinski definition) is 2. The lowest BCUT2D eigenvalue weighted by molar-refractivity contribution is -0.120. The lowest BCUT2D eigenvalue weighted by atomic mass is 10.1. The zero-order valence-electron chi connectivity index (χ0n) is 12.0. The van der Waals surface area contributed by atoms with E-state index in [9.17, 15) is 4.79 Å². The van der Waals surface area contributed by atoms with Crippen molar-refractivity contribution in [3.63, 3.8) is 0 Å². The van der Waals surface area contributed by atoms with E-state index >= 15 is 0 Å². The summed E-state index contributed by atoms with van der Waals surface area (Å²) in [4.78, 5) is 12.0. The molecule has 1 aliphatic rings. The maximum Gasteiger partial charge on any atom is 0.239 e. The van der Waals surface area contributed by atoms with Gasteiger partial charge in [0, 0.05) is 16.8 Å². The quantitative estimate of drug-likeness (QED) is 0.827. The minimum absolute atomic E-state index is 0.0660. The molecular formula is C16H23ClN2O. The van der Waals surface area contributed by atoms with Gasteiger partial charge < -0.3 is 10.6 Å². The molecule has 4 heteroatoms. The zero-order valence-corrected chi connectivity index (χ0v) is 12.8. The molecule has 1 saturated carbocycles.